The van der Waals surface area contributed by atoms with E-state index in [1.54, 1.807) is 0 Å². The number of aliphatic hydroxyl groups is 2. The summed E-state index contributed by atoms with van der Waals surface area (Å²) >= 11 is 1.37. The Kier molecular flexibility index (Phi) is 3.65. The standard InChI is InChI=1S/C13H14O4S/c1-7-8-5-3-4-6-9(8)18-12(7)10(14)11(15)13(16)17-2/h3-6,10-11,14-15H,1-2H3. The maximum atomic E-state index is 11.2. The molecule has 0 fully saturated rings. The zero-order valence-corrected chi connectivity index (χ0v) is 10.9. The number of aryl methyl sites for hydroxylation is 1. The molecule has 2 rings (SSSR count). The van der Waals surface area contributed by atoms with Crippen LogP contribution in [0.1, 0.15) is 16.5 Å². The molecule has 4 nitrogen and oxygen atoms in total. The van der Waals surface area contributed by atoms with Gasteiger partial charge in [-0.1, -0.05) is 18.2 Å². The number of benzene rings is 1. The van der Waals surface area contributed by atoms with Gasteiger partial charge in [0.2, 0.25) is 0 Å². The van der Waals surface area contributed by atoms with Crippen LogP contribution < -0.4 is 0 Å². The summed E-state index contributed by atoms with van der Waals surface area (Å²) in [7, 11) is 1.18. The van der Waals surface area contributed by atoms with Crippen molar-refractivity contribution in [3.63, 3.8) is 0 Å². The molecule has 0 radical (unpaired) electrons. The van der Waals surface area contributed by atoms with E-state index >= 15 is 0 Å². The molecule has 2 unspecified atom stereocenters. The van der Waals surface area contributed by atoms with E-state index in [0.29, 0.717) is 4.88 Å². The Morgan fingerprint density at radius 3 is 2.61 bits per heavy atom. The Balaban J connectivity index is 2.42. The number of rotatable bonds is 3. The second-order valence-electron chi connectivity index (χ2n) is 4.00. The molecular weight excluding hydrogens is 252 g/mol. The number of aliphatic hydroxyl groups excluding tert-OH is 2. The van der Waals surface area contributed by atoms with E-state index in [1.165, 1.54) is 18.4 Å². The van der Waals surface area contributed by atoms with Crippen LogP contribution in [0.3, 0.4) is 0 Å². The van der Waals surface area contributed by atoms with Gasteiger partial charge in [-0.25, -0.2) is 4.79 Å². The van der Waals surface area contributed by atoms with Gasteiger partial charge in [-0.15, -0.1) is 11.3 Å². The summed E-state index contributed by atoms with van der Waals surface area (Å²) in [5.41, 5.74) is 0.881. The molecule has 0 amide bonds. The lowest BCUT2D eigenvalue weighted by Gasteiger charge is -2.15. The number of carbonyl (C=O) groups excluding carboxylic acids is 1. The van der Waals surface area contributed by atoms with Crippen LogP contribution in [0.4, 0.5) is 0 Å². The van der Waals surface area contributed by atoms with Crippen molar-refractivity contribution in [2.24, 2.45) is 0 Å². The van der Waals surface area contributed by atoms with Crippen molar-refractivity contribution < 1.29 is 19.7 Å². The first kappa shape index (κ1) is 13.0. The van der Waals surface area contributed by atoms with Gasteiger partial charge < -0.3 is 14.9 Å². The number of ether oxygens (including phenoxy) is 1. The average Bonchev–Trinajstić information content (AvgIpc) is 2.74. The number of hydrogen-bond acceptors (Lipinski definition) is 5. The molecule has 1 heterocycles. The van der Waals surface area contributed by atoms with Crippen LogP contribution in [0.5, 0.6) is 0 Å². The molecule has 1 aromatic carbocycles. The number of thiophene rings is 1. The Hall–Kier alpha value is -1.43. The van der Waals surface area contributed by atoms with Crippen LogP contribution in [0.15, 0.2) is 24.3 Å². The minimum Gasteiger partial charge on any atom is -0.467 e. The van der Waals surface area contributed by atoms with E-state index in [9.17, 15) is 15.0 Å². The van der Waals surface area contributed by atoms with E-state index in [0.717, 1.165) is 15.6 Å². The summed E-state index contributed by atoms with van der Waals surface area (Å²) in [4.78, 5) is 11.8. The molecular formula is C13H14O4S. The molecule has 0 bridgehead atoms. The Bertz CT molecular complexity index is 575. The SMILES string of the molecule is COC(=O)C(O)C(O)c1sc2ccccc2c1C. The highest BCUT2D eigenvalue weighted by atomic mass is 32.1. The first-order valence-electron chi connectivity index (χ1n) is 5.48. The lowest BCUT2D eigenvalue weighted by molar-refractivity contribution is -0.156. The third-order valence-corrected chi connectivity index (χ3v) is 4.23. The predicted molar refractivity (Wildman–Crippen MR) is 69.5 cm³/mol. The topological polar surface area (TPSA) is 66.8 Å². The summed E-state index contributed by atoms with van der Waals surface area (Å²) in [6, 6.07) is 7.70. The third-order valence-electron chi connectivity index (χ3n) is 2.89. The molecule has 1 aromatic heterocycles. The highest BCUT2D eigenvalue weighted by Crippen LogP contribution is 2.35. The molecule has 2 aromatic rings. The molecule has 0 spiro atoms. The van der Waals surface area contributed by atoms with Crippen molar-refractivity contribution in [3.05, 3.63) is 34.7 Å². The fourth-order valence-corrected chi connectivity index (χ4v) is 3.10. The lowest BCUT2D eigenvalue weighted by atomic mass is 10.1. The summed E-state index contributed by atoms with van der Waals surface area (Å²) in [5.74, 6) is -0.834. The predicted octanol–water partition coefficient (Wildman–Crippen LogP) is 1.78. The van der Waals surface area contributed by atoms with Crippen molar-refractivity contribution in [2.45, 2.75) is 19.1 Å². The fraction of sp³-hybridized carbons (Fsp3) is 0.308. The molecule has 0 aliphatic rings. The summed E-state index contributed by atoms with van der Waals surface area (Å²) < 4.78 is 5.44. The summed E-state index contributed by atoms with van der Waals surface area (Å²) in [6.07, 6.45) is -2.81. The number of methoxy groups -OCH3 is 1. The molecule has 2 atom stereocenters. The summed E-state index contributed by atoms with van der Waals surface area (Å²) in [5, 5.41) is 20.7. The average molecular weight is 266 g/mol. The first-order chi connectivity index (χ1) is 8.56. The third kappa shape index (κ3) is 2.12. The molecule has 0 aliphatic carbocycles. The quantitative estimate of drug-likeness (QED) is 0.831. The molecule has 0 saturated heterocycles. The largest absolute Gasteiger partial charge is 0.467 e. The van der Waals surface area contributed by atoms with Crippen molar-refractivity contribution in [3.8, 4) is 0 Å². The zero-order chi connectivity index (χ0) is 13.3. The van der Waals surface area contributed by atoms with Gasteiger partial charge in [0.05, 0.1) is 7.11 Å². The second kappa shape index (κ2) is 5.06. The molecule has 18 heavy (non-hydrogen) atoms. The van der Waals surface area contributed by atoms with Crippen molar-refractivity contribution in [1.82, 2.24) is 0 Å². The minimum atomic E-state index is -1.55. The number of fused-ring (bicyclic) bond motifs is 1. The van der Waals surface area contributed by atoms with Crippen LogP contribution in [0.2, 0.25) is 0 Å². The van der Waals surface area contributed by atoms with E-state index in [1.807, 2.05) is 31.2 Å². The van der Waals surface area contributed by atoms with Gasteiger partial charge in [-0.3, -0.25) is 0 Å². The molecule has 0 aliphatic heterocycles. The van der Waals surface area contributed by atoms with Crippen molar-refractivity contribution >= 4 is 27.4 Å². The number of hydrogen-bond donors (Lipinski definition) is 2. The monoisotopic (exact) mass is 266 g/mol. The van der Waals surface area contributed by atoms with Crippen LogP contribution >= 0.6 is 11.3 Å². The van der Waals surface area contributed by atoms with Crippen molar-refractivity contribution in [1.29, 1.82) is 0 Å². The Labute approximate surface area is 108 Å². The van der Waals surface area contributed by atoms with Gasteiger partial charge in [0, 0.05) is 9.58 Å². The van der Waals surface area contributed by atoms with Gasteiger partial charge in [0.15, 0.2) is 6.10 Å². The minimum absolute atomic E-state index is 0.592. The van der Waals surface area contributed by atoms with E-state index < -0.39 is 18.2 Å². The van der Waals surface area contributed by atoms with Crippen LogP contribution in [-0.4, -0.2) is 29.4 Å². The van der Waals surface area contributed by atoms with Gasteiger partial charge in [0.25, 0.3) is 0 Å². The Morgan fingerprint density at radius 1 is 1.33 bits per heavy atom. The zero-order valence-electron chi connectivity index (χ0n) is 10.1. The molecule has 2 N–H and O–H groups in total. The Morgan fingerprint density at radius 2 is 2.00 bits per heavy atom. The van der Waals surface area contributed by atoms with Gasteiger partial charge >= 0.3 is 5.97 Å². The normalized spacial score (nSPS) is 14.4. The maximum Gasteiger partial charge on any atom is 0.337 e. The molecule has 96 valence electrons. The highest BCUT2D eigenvalue weighted by Gasteiger charge is 2.29. The number of esters is 1. The van der Waals surface area contributed by atoms with Crippen molar-refractivity contribution in [2.75, 3.05) is 7.11 Å². The van der Waals surface area contributed by atoms with Crippen LogP contribution in [-0.2, 0) is 9.53 Å². The first-order valence-corrected chi connectivity index (χ1v) is 6.30. The smallest absolute Gasteiger partial charge is 0.337 e. The molecule has 5 heteroatoms. The van der Waals surface area contributed by atoms with Gasteiger partial charge in [-0.2, -0.15) is 0 Å². The van der Waals surface area contributed by atoms with Gasteiger partial charge in [0.1, 0.15) is 6.10 Å². The lowest BCUT2D eigenvalue weighted by Crippen LogP contribution is -2.28. The van der Waals surface area contributed by atoms with Crippen LogP contribution in [0.25, 0.3) is 10.1 Å². The van der Waals surface area contributed by atoms with Gasteiger partial charge in [-0.05, 0) is 23.9 Å². The van der Waals surface area contributed by atoms with E-state index in [2.05, 4.69) is 4.74 Å². The summed E-state index contributed by atoms with van der Waals surface area (Å²) in [6.45, 7) is 1.86. The second-order valence-corrected chi connectivity index (χ2v) is 5.08. The maximum absolute atomic E-state index is 11.2. The highest BCUT2D eigenvalue weighted by molar-refractivity contribution is 7.19. The number of carbonyl (C=O) groups is 1. The van der Waals surface area contributed by atoms with Crippen LogP contribution in [0, 0.1) is 6.92 Å². The molecule has 0 saturated carbocycles. The fourth-order valence-electron chi connectivity index (χ4n) is 1.87. The van der Waals surface area contributed by atoms with E-state index in [-0.39, 0.29) is 0 Å². The van der Waals surface area contributed by atoms with E-state index in [4.69, 9.17) is 0 Å².